The summed E-state index contributed by atoms with van der Waals surface area (Å²) in [7, 11) is 0. The van der Waals surface area contributed by atoms with Crippen LogP contribution in [0.4, 0.5) is 4.39 Å². The van der Waals surface area contributed by atoms with Crippen molar-refractivity contribution in [3.05, 3.63) is 82.3 Å². The number of aromatic nitrogens is 1. The molecule has 1 aliphatic carbocycles. The van der Waals surface area contributed by atoms with Crippen LogP contribution in [0, 0.1) is 12.7 Å². The number of carbonyl (C=O) groups is 1. The molecule has 0 saturated carbocycles. The maximum absolute atomic E-state index is 13.7. The minimum absolute atomic E-state index is 0.272. The first-order valence-corrected chi connectivity index (χ1v) is 11.0. The SMILES string of the molecule is Cc1ccc2c(CNCCC3=CCCCC3)c(C(=O)O)n(Cc3cccc(F)c3)c2c1. The zero-order valence-corrected chi connectivity index (χ0v) is 18.0. The van der Waals surface area contributed by atoms with Crippen molar-refractivity contribution in [2.75, 3.05) is 6.54 Å². The number of carboxylic acid groups (broad SMARTS) is 1. The van der Waals surface area contributed by atoms with Crippen LogP contribution in [-0.4, -0.2) is 22.2 Å². The normalized spacial score (nSPS) is 14.1. The number of halogens is 1. The third-order valence-electron chi connectivity index (χ3n) is 6.07. The van der Waals surface area contributed by atoms with Crippen LogP contribution in [0.15, 0.2) is 54.1 Å². The first-order chi connectivity index (χ1) is 15.0. The van der Waals surface area contributed by atoms with Gasteiger partial charge in [0.15, 0.2) is 0 Å². The number of rotatable bonds is 8. The zero-order valence-electron chi connectivity index (χ0n) is 18.0. The summed E-state index contributed by atoms with van der Waals surface area (Å²) in [6, 6.07) is 12.4. The molecule has 0 spiro atoms. The van der Waals surface area contributed by atoms with E-state index in [9.17, 15) is 14.3 Å². The number of hydrogen-bond donors (Lipinski definition) is 2. The monoisotopic (exact) mass is 420 g/mol. The molecule has 2 aromatic carbocycles. The van der Waals surface area contributed by atoms with Gasteiger partial charge in [0.1, 0.15) is 11.5 Å². The Hall–Kier alpha value is -2.92. The van der Waals surface area contributed by atoms with E-state index in [1.165, 1.54) is 43.4 Å². The standard InChI is InChI=1S/C26H29FN2O2/c1-18-10-11-22-23(16-28-13-12-19-6-3-2-4-7-19)25(26(30)31)29(24(22)14-18)17-20-8-5-9-21(27)15-20/h5-6,8-11,14-15,28H,2-4,7,12-13,16-17H2,1H3,(H,30,31). The summed E-state index contributed by atoms with van der Waals surface area (Å²) in [5.41, 5.74) is 5.23. The van der Waals surface area contributed by atoms with Crippen molar-refractivity contribution < 1.29 is 14.3 Å². The van der Waals surface area contributed by atoms with Crippen LogP contribution in [-0.2, 0) is 13.1 Å². The first kappa shape index (κ1) is 21.3. The molecule has 4 nitrogen and oxygen atoms in total. The van der Waals surface area contributed by atoms with Crippen LogP contribution >= 0.6 is 0 Å². The van der Waals surface area contributed by atoms with E-state index in [0.29, 0.717) is 13.1 Å². The molecule has 1 aliphatic rings. The molecule has 0 atom stereocenters. The fourth-order valence-corrected chi connectivity index (χ4v) is 4.53. The van der Waals surface area contributed by atoms with E-state index < -0.39 is 5.97 Å². The highest BCUT2D eigenvalue weighted by atomic mass is 19.1. The third-order valence-corrected chi connectivity index (χ3v) is 6.07. The lowest BCUT2D eigenvalue weighted by Crippen LogP contribution is -2.19. The van der Waals surface area contributed by atoms with Gasteiger partial charge in [-0.15, -0.1) is 0 Å². The number of aromatic carboxylic acids is 1. The summed E-state index contributed by atoms with van der Waals surface area (Å²) in [5.74, 6) is -1.28. The Labute approximate surface area is 182 Å². The van der Waals surface area contributed by atoms with Crippen molar-refractivity contribution >= 4 is 16.9 Å². The van der Waals surface area contributed by atoms with Crippen molar-refractivity contribution in [3.8, 4) is 0 Å². The zero-order chi connectivity index (χ0) is 21.8. The van der Waals surface area contributed by atoms with Crippen molar-refractivity contribution in [2.45, 2.75) is 52.1 Å². The van der Waals surface area contributed by atoms with E-state index in [2.05, 4.69) is 11.4 Å². The van der Waals surface area contributed by atoms with Crippen LogP contribution in [0.1, 0.15) is 59.3 Å². The van der Waals surface area contributed by atoms with E-state index in [4.69, 9.17) is 0 Å². The van der Waals surface area contributed by atoms with Gasteiger partial charge in [-0.25, -0.2) is 9.18 Å². The van der Waals surface area contributed by atoms with Crippen LogP contribution in [0.2, 0.25) is 0 Å². The van der Waals surface area contributed by atoms with E-state index in [1.54, 1.807) is 10.6 Å². The molecule has 3 aromatic rings. The number of allylic oxidation sites excluding steroid dienone is 1. The smallest absolute Gasteiger partial charge is 0.352 e. The maximum atomic E-state index is 13.7. The van der Waals surface area contributed by atoms with Crippen LogP contribution < -0.4 is 5.32 Å². The average molecular weight is 421 g/mol. The van der Waals surface area contributed by atoms with Crippen molar-refractivity contribution in [3.63, 3.8) is 0 Å². The van der Waals surface area contributed by atoms with E-state index in [1.807, 2.05) is 31.2 Å². The quantitative estimate of drug-likeness (QED) is 0.357. The molecule has 0 fully saturated rings. The Bertz CT molecular complexity index is 1130. The summed E-state index contributed by atoms with van der Waals surface area (Å²) in [5, 5.41) is 14.5. The van der Waals surface area contributed by atoms with Crippen molar-refractivity contribution in [1.29, 1.82) is 0 Å². The van der Waals surface area contributed by atoms with Crippen molar-refractivity contribution in [2.24, 2.45) is 0 Å². The summed E-state index contributed by atoms with van der Waals surface area (Å²) in [4.78, 5) is 12.3. The van der Waals surface area contributed by atoms with Gasteiger partial charge in [-0.1, -0.05) is 35.9 Å². The molecule has 0 bridgehead atoms. The summed E-state index contributed by atoms with van der Waals surface area (Å²) < 4.78 is 15.5. The number of aryl methyl sites for hydroxylation is 1. The molecule has 1 heterocycles. The molecule has 0 amide bonds. The maximum Gasteiger partial charge on any atom is 0.352 e. The van der Waals surface area contributed by atoms with Gasteiger partial charge in [0.25, 0.3) is 0 Å². The number of nitrogens with one attached hydrogen (secondary N) is 1. The number of hydrogen-bond acceptors (Lipinski definition) is 2. The molecule has 5 heteroatoms. The number of nitrogens with zero attached hydrogens (tertiary/aromatic N) is 1. The second-order valence-corrected chi connectivity index (χ2v) is 8.40. The molecule has 1 aromatic heterocycles. The van der Waals surface area contributed by atoms with Gasteiger partial charge in [0, 0.05) is 29.6 Å². The Kier molecular flexibility index (Phi) is 6.52. The van der Waals surface area contributed by atoms with Gasteiger partial charge in [-0.05, 0) is 74.9 Å². The lowest BCUT2D eigenvalue weighted by molar-refractivity contribution is 0.0684. The molecule has 0 aliphatic heterocycles. The summed E-state index contributed by atoms with van der Waals surface area (Å²) >= 11 is 0. The molecule has 0 saturated heterocycles. The minimum atomic E-state index is -0.961. The van der Waals surface area contributed by atoms with E-state index in [0.717, 1.165) is 40.6 Å². The van der Waals surface area contributed by atoms with Crippen LogP contribution in [0.25, 0.3) is 10.9 Å². The topological polar surface area (TPSA) is 54.3 Å². The second kappa shape index (κ2) is 9.48. The number of carboxylic acids is 1. The molecular formula is C26H29FN2O2. The third kappa shape index (κ3) is 4.88. The lowest BCUT2D eigenvalue weighted by Gasteiger charge is -2.13. The molecule has 31 heavy (non-hydrogen) atoms. The van der Waals surface area contributed by atoms with Crippen molar-refractivity contribution in [1.82, 2.24) is 9.88 Å². The Morgan fingerprint density at radius 1 is 1.19 bits per heavy atom. The van der Waals surface area contributed by atoms with Gasteiger partial charge in [0.05, 0.1) is 0 Å². The van der Waals surface area contributed by atoms with Crippen LogP contribution in [0.3, 0.4) is 0 Å². The second-order valence-electron chi connectivity index (χ2n) is 8.40. The highest BCUT2D eigenvalue weighted by Gasteiger charge is 2.22. The van der Waals surface area contributed by atoms with Gasteiger partial charge < -0.3 is 15.0 Å². The molecule has 4 rings (SSSR count). The predicted molar refractivity (Wildman–Crippen MR) is 122 cm³/mol. The number of benzene rings is 2. The molecule has 0 radical (unpaired) electrons. The predicted octanol–water partition coefficient (Wildman–Crippen LogP) is 5.82. The molecule has 0 unspecified atom stereocenters. The van der Waals surface area contributed by atoms with E-state index in [-0.39, 0.29) is 11.5 Å². The van der Waals surface area contributed by atoms with Gasteiger partial charge in [-0.2, -0.15) is 0 Å². The number of fused-ring (bicyclic) bond motifs is 1. The molecule has 2 N–H and O–H groups in total. The highest BCUT2D eigenvalue weighted by molar-refractivity contribution is 5.98. The van der Waals surface area contributed by atoms with Gasteiger partial charge in [-0.3, -0.25) is 0 Å². The molecule has 162 valence electrons. The summed E-state index contributed by atoms with van der Waals surface area (Å²) in [6.07, 6.45) is 8.25. The van der Waals surface area contributed by atoms with Crippen LogP contribution in [0.5, 0.6) is 0 Å². The first-order valence-electron chi connectivity index (χ1n) is 11.0. The molecular weight excluding hydrogens is 391 g/mol. The Morgan fingerprint density at radius 2 is 2.06 bits per heavy atom. The Morgan fingerprint density at radius 3 is 2.81 bits per heavy atom. The fourth-order valence-electron chi connectivity index (χ4n) is 4.53. The Balaban J connectivity index is 1.64. The van der Waals surface area contributed by atoms with Gasteiger partial charge in [0.2, 0.25) is 0 Å². The van der Waals surface area contributed by atoms with Gasteiger partial charge >= 0.3 is 5.97 Å². The largest absolute Gasteiger partial charge is 0.477 e. The summed E-state index contributed by atoms with van der Waals surface area (Å²) in [6.45, 7) is 3.62. The average Bonchev–Trinajstić information content (AvgIpc) is 3.04. The lowest BCUT2D eigenvalue weighted by atomic mass is 9.97. The fraction of sp³-hybridized carbons (Fsp3) is 0.346. The minimum Gasteiger partial charge on any atom is -0.477 e. The van der Waals surface area contributed by atoms with E-state index >= 15 is 0 Å². The highest BCUT2D eigenvalue weighted by Crippen LogP contribution is 2.29.